The Morgan fingerprint density at radius 1 is 0.879 bits per heavy atom. The van der Waals surface area contributed by atoms with E-state index in [-0.39, 0.29) is 18.4 Å². The molecule has 5 nitrogen and oxygen atoms in total. The molecule has 0 aliphatic rings. The average molecular weight is 453 g/mol. The van der Waals surface area contributed by atoms with Crippen LogP contribution in [0.1, 0.15) is 75.4 Å². The van der Waals surface area contributed by atoms with E-state index in [4.69, 9.17) is 4.42 Å². The number of unbranched alkanes of at least 4 members (excludes halogenated alkanes) is 6. The number of amides is 2. The van der Waals surface area contributed by atoms with Gasteiger partial charge in [0.1, 0.15) is 18.1 Å². The number of carbonyl (C=O) groups is 2. The first-order chi connectivity index (χ1) is 16.0. The van der Waals surface area contributed by atoms with Gasteiger partial charge in [-0.1, -0.05) is 81.9 Å². The maximum atomic E-state index is 13.3. The summed E-state index contributed by atoms with van der Waals surface area (Å²) in [6.07, 6.45) is 10.3. The topological polar surface area (TPSA) is 53.8 Å². The number of aryl methyl sites for hydroxylation is 1. The Morgan fingerprint density at radius 3 is 2.21 bits per heavy atom. The van der Waals surface area contributed by atoms with Crippen molar-refractivity contribution in [2.24, 2.45) is 0 Å². The summed E-state index contributed by atoms with van der Waals surface area (Å²) in [5.41, 5.74) is 1.04. The van der Waals surface area contributed by atoms with Crippen molar-refractivity contribution in [3.8, 4) is 0 Å². The highest BCUT2D eigenvalue weighted by molar-refractivity contribution is 5.85. The van der Waals surface area contributed by atoms with Gasteiger partial charge < -0.3 is 14.2 Å². The standard InChI is InChI=1S/C28H40N2O3/c1-4-6-7-8-9-10-14-17-27(31)29(20-5-2)23-28(32)30(21-25-15-12-11-13-16-25)22-26-19-18-24(3)33-26/h5,11-13,15-16,18-19H,2,4,6-10,14,17,20-23H2,1,3H3. The largest absolute Gasteiger partial charge is 0.464 e. The van der Waals surface area contributed by atoms with Gasteiger partial charge in [-0.3, -0.25) is 9.59 Å². The van der Waals surface area contributed by atoms with Crippen molar-refractivity contribution in [1.29, 1.82) is 0 Å². The van der Waals surface area contributed by atoms with Crippen LogP contribution in [0.2, 0.25) is 0 Å². The van der Waals surface area contributed by atoms with Crippen molar-refractivity contribution in [3.63, 3.8) is 0 Å². The summed E-state index contributed by atoms with van der Waals surface area (Å²) >= 11 is 0. The van der Waals surface area contributed by atoms with Gasteiger partial charge in [-0.05, 0) is 31.0 Å². The molecule has 2 amide bonds. The summed E-state index contributed by atoms with van der Waals surface area (Å²) in [5, 5.41) is 0. The lowest BCUT2D eigenvalue weighted by molar-refractivity contribution is -0.141. The van der Waals surface area contributed by atoms with E-state index in [0.29, 0.717) is 26.1 Å². The quantitative estimate of drug-likeness (QED) is 0.223. The fourth-order valence-corrected chi connectivity index (χ4v) is 3.86. The summed E-state index contributed by atoms with van der Waals surface area (Å²) in [7, 11) is 0. The Balaban J connectivity index is 1.95. The number of carbonyl (C=O) groups excluding carboxylic acids is 2. The highest BCUT2D eigenvalue weighted by Gasteiger charge is 2.21. The Bertz CT molecular complexity index is 844. The molecule has 1 aromatic carbocycles. The molecule has 2 aromatic rings. The van der Waals surface area contributed by atoms with Gasteiger partial charge in [0.15, 0.2) is 0 Å². The lowest BCUT2D eigenvalue weighted by Gasteiger charge is -2.27. The van der Waals surface area contributed by atoms with Crippen LogP contribution in [0.15, 0.2) is 59.5 Å². The molecule has 180 valence electrons. The molecule has 0 atom stereocenters. The second kappa shape index (κ2) is 15.1. The molecule has 0 N–H and O–H groups in total. The minimum absolute atomic E-state index is 0.0188. The van der Waals surface area contributed by atoms with E-state index in [1.807, 2.05) is 49.4 Å². The van der Waals surface area contributed by atoms with Crippen molar-refractivity contribution in [1.82, 2.24) is 9.80 Å². The van der Waals surface area contributed by atoms with Crippen molar-refractivity contribution >= 4 is 11.8 Å². The van der Waals surface area contributed by atoms with Gasteiger partial charge in [-0.2, -0.15) is 0 Å². The molecule has 0 saturated heterocycles. The molecule has 0 unspecified atom stereocenters. The molecular weight excluding hydrogens is 412 g/mol. The third-order valence-corrected chi connectivity index (χ3v) is 5.73. The van der Waals surface area contributed by atoms with Gasteiger partial charge in [0, 0.05) is 19.5 Å². The van der Waals surface area contributed by atoms with Gasteiger partial charge in [0.2, 0.25) is 11.8 Å². The third-order valence-electron chi connectivity index (χ3n) is 5.73. The van der Waals surface area contributed by atoms with Crippen LogP contribution < -0.4 is 0 Å². The molecule has 0 bridgehead atoms. The van der Waals surface area contributed by atoms with Gasteiger partial charge >= 0.3 is 0 Å². The molecule has 1 heterocycles. The first-order valence-electron chi connectivity index (χ1n) is 12.3. The molecule has 0 saturated carbocycles. The van der Waals surface area contributed by atoms with Crippen molar-refractivity contribution in [2.75, 3.05) is 13.1 Å². The first-order valence-corrected chi connectivity index (χ1v) is 12.3. The van der Waals surface area contributed by atoms with Crippen LogP contribution in [0.4, 0.5) is 0 Å². The predicted molar refractivity (Wildman–Crippen MR) is 134 cm³/mol. The molecule has 0 spiro atoms. The third kappa shape index (κ3) is 10.1. The summed E-state index contributed by atoms with van der Waals surface area (Å²) in [5.74, 6) is 1.48. The lowest BCUT2D eigenvalue weighted by Crippen LogP contribution is -2.42. The SMILES string of the molecule is C=CCN(CC(=O)N(Cc1ccccc1)Cc1ccc(C)o1)C(=O)CCCCCCCCC. The van der Waals surface area contributed by atoms with E-state index in [9.17, 15) is 9.59 Å². The molecule has 5 heteroatoms. The molecule has 0 fully saturated rings. The van der Waals surface area contributed by atoms with E-state index >= 15 is 0 Å². The van der Waals surface area contributed by atoms with Crippen molar-refractivity contribution in [2.45, 2.75) is 78.3 Å². The fraction of sp³-hybridized carbons (Fsp3) is 0.500. The molecule has 0 aliphatic heterocycles. The van der Waals surface area contributed by atoms with Crippen LogP contribution in [0.25, 0.3) is 0 Å². The highest BCUT2D eigenvalue weighted by Crippen LogP contribution is 2.15. The molecular formula is C28H40N2O3. The Morgan fingerprint density at radius 2 is 1.58 bits per heavy atom. The Hall–Kier alpha value is -2.82. The summed E-state index contributed by atoms with van der Waals surface area (Å²) in [4.78, 5) is 29.5. The summed E-state index contributed by atoms with van der Waals surface area (Å²) in [6, 6.07) is 13.7. The Labute approximate surface area is 199 Å². The van der Waals surface area contributed by atoms with Gasteiger partial charge in [-0.15, -0.1) is 6.58 Å². The zero-order valence-corrected chi connectivity index (χ0v) is 20.4. The number of benzene rings is 1. The van der Waals surface area contributed by atoms with Gasteiger partial charge in [0.25, 0.3) is 0 Å². The zero-order valence-electron chi connectivity index (χ0n) is 20.4. The van der Waals surface area contributed by atoms with Crippen molar-refractivity contribution < 1.29 is 14.0 Å². The summed E-state index contributed by atoms with van der Waals surface area (Å²) < 4.78 is 5.71. The maximum absolute atomic E-state index is 13.3. The van der Waals surface area contributed by atoms with E-state index in [1.165, 1.54) is 32.1 Å². The Kier molecular flexibility index (Phi) is 12.1. The molecule has 0 radical (unpaired) electrons. The van der Waals surface area contributed by atoms with E-state index < -0.39 is 0 Å². The number of rotatable bonds is 16. The number of furan rings is 1. The average Bonchev–Trinajstić information content (AvgIpc) is 3.22. The van der Waals surface area contributed by atoms with Gasteiger partial charge in [0.05, 0.1) is 6.54 Å². The molecule has 33 heavy (non-hydrogen) atoms. The fourth-order valence-electron chi connectivity index (χ4n) is 3.86. The smallest absolute Gasteiger partial charge is 0.242 e. The summed E-state index contributed by atoms with van der Waals surface area (Å²) in [6.45, 7) is 9.14. The monoisotopic (exact) mass is 452 g/mol. The van der Waals surface area contributed by atoms with E-state index in [0.717, 1.165) is 29.9 Å². The maximum Gasteiger partial charge on any atom is 0.242 e. The highest BCUT2D eigenvalue weighted by atomic mass is 16.3. The minimum atomic E-state index is -0.0947. The van der Waals surface area contributed by atoms with Crippen LogP contribution in [-0.4, -0.2) is 34.7 Å². The van der Waals surface area contributed by atoms with Crippen LogP contribution in [0.3, 0.4) is 0 Å². The van der Waals surface area contributed by atoms with E-state index in [2.05, 4.69) is 13.5 Å². The minimum Gasteiger partial charge on any atom is -0.464 e. The van der Waals surface area contributed by atoms with Gasteiger partial charge in [-0.25, -0.2) is 0 Å². The molecule has 2 rings (SSSR count). The zero-order chi connectivity index (χ0) is 23.9. The normalized spacial score (nSPS) is 10.7. The molecule has 0 aliphatic carbocycles. The van der Waals surface area contributed by atoms with Crippen LogP contribution >= 0.6 is 0 Å². The van der Waals surface area contributed by atoms with Crippen LogP contribution in [0.5, 0.6) is 0 Å². The number of nitrogens with zero attached hydrogens (tertiary/aromatic N) is 2. The predicted octanol–water partition coefficient (Wildman–Crippen LogP) is 6.27. The lowest BCUT2D eigenvalue weighted by atomic mass is 10.1. The van der Waals surface area contributed by atoms with E-state index in [1.54, 1.807) is 15.9 Å². The number of hydrogen-bond acceptors (Lipinski definition) is 3. The number of hydrogen-bond donors (Lipinski definition) is 0. The first kappa shape index (κ1) is 26.4. The second-order valence-corrected chi connectivity index (χ2v) is 8.68. The van der Waals surface area contributed by atoms with Crippen molar-refractivity contribution in [3.05, 3.63) is 72.2 Å². The second-order valence-electron chi connectivity index (χ2n) is 8.68. The molecule has 1 aromatic heterocycles. The van der Waals surface area contributed by atoms with Crippen LogP contribution in [-0.2, 0) is 22.7 Å². The van der Waals surface area contributed by atoms with Crippen LogP contribution in [0, 0.1) is 6.92 Å².